The van der Waals surface area contributed by atoms with Gasteiger partial charge in [0, 0.05) is 11.9 Å². The normalized spacial score (nSPS) is 10.2. The van der Waals surface area contributed by atoms with E-state index in [9.17, 15) is 9.59 Å². The van der Waals surface area contributed by atoms with Gasteiger partial charge in [-0.2, -0.15) is 0 Å². The number of carboxylic acids is 1. The number of aromatic nitrogens is 2. The molecule has 16 heavy (non-hydrogen) atoms. The van der Waals surface area contributed by atoms with Gasteiger partial charge in [-0.15, -0.1) is 0 Å². The molecule has 0 aliphatic heterocycles. The van der Waals surface area contributed by atoms with Crippen molar-refractivity contribution in [3.8, 4) is 5.69 Å². The van der Waals surface area contributed by atoms with Crippen LogP contribution >= 0.6 is 0 Å². The quantitative estimate of drug-likeness (QED) is 0.638. The van der Waals surface area contributed by atoms with Crippen LogP contribution in [0.1, 0.15) is 10.4 Å². The zero-order chi connectivity index (χ0) is 11.7. The highest BCUT2D eigenvalue weighted by atomic mass is 16.4. The lowest BCUT2D eigenvalue weighted by atomic mass is 10.3. The number of aromatic carboxylic acids is 1. The fourth-order valence-corrected chi connectivity index (χ4v) is 1.32. The number of hydrogen-bond acceptors (Lipinski definition) is 3. The Morgan fingerprint density at radius 3 is 2.44 bits per heavy atom. The van der Waals surface area contributed by atoms with Crippen molar-refractivity contribution in [2.24, 2.45) is 0 Å². The Hall–Kier alpha value is -2.50. The van der Waals surface area contributed by atoms with Gasteiger partial charge in [-0.05, 0) is 24.3 Å². The van der Waals surface area contributed by atoms with Gasteiger partial charge in [-0.3, -0.25) is 14.6 Å². The molecular formula is C10H9N3O3. The van der Waals surface area contributed by atoms with Gasteiger partial charge in [0.05, 0.1) is 5.69 Å². The Kier molecular flexibility index (Phi) is 2.24. The third-order valence-electron chi connectivity index (χ3n) is 2.13. The van der Waals surface area contributed by atoms with Gasteiger partial charge < -0.3 is 10.8 Å². The summed E-state index contributed by atoms with van der Waals surface area (Å²) in [6, 6.07) is 6.68. The Morgan fingerprint density at radius 2 is 1.94 bits per heavy atom. The fraction of sp³-hybridized carbons (Fsp3) is 0. The van der Waals surface area contributed by atoms with Crippen molar-refractivity contribution in [2.45, 2.75) is 0 Å². The van der Waals surface area contributed by atoms with Gasteiger partial charge >= 0.3 is 5.97 Å². The SMILES string of the molecule is Nc1ccc(-n2cc(C(=O)O)c(=O)[nH]2)cc1. The molecule has 0 aliphatic rings. The van der Waals surface area contributed by atoms with Crippen LogP contribution in [0, 0.1) is 0 Å². The third kappa shape index (κ3) is 1.68. The minimum absolute atomic E-state index is 0.295. The van der Waals surface area contributed by atoms with Crippen molar-refractivity contribution in [2.75, 3.05) is 5.73 Å². The zero-order valence-electron chi connectivity index (χ0n) is 8.18. The minimum Gasteiger partial charge on any atom is -0.477 e. The summed E-state index contributed by atoms with van der Waals surface area (Å²) in [5, 5.41) is 11.1. The van der Waals surface area contributed by atoms with E-state index in [0.717, 1.165) is 0 Å². The molecule has 0 radical (unpaired) electrons. The number of nitrogens with two attached hydrogens (primary N) is 1. The molecule has 1 heterocycles. The lowest BCUT2D eigenvalue weighted by Crippen LogP contribution is -2.11. The molecule has 0 unspecified atom stereocenters. The first kappa shape index (κ1) is 10.0. The molecule has 2 rings (SSSR count). The second-order valence-electron chi connectivity index (χ2n) is 3.25. The van der Waals surface area contributed by atoms with E-state index in [2.05, 4.69) is 5.10 Å². The van der Waals surface area contributed by atoms with E-state index in [-0.39, 0.29) is 5.56 Å². The second-order valence-corrected chi connectivity index (χ2v) is 3.25. The van der Waals surface area contributed by atoms with Crippen molar-refractivity contribution < 1.29 is 9.90 Å². The monoisotopic (exact) mass is 219 g/mol. The van der Waals surface area contributed by atoms with Gasteiger partial charge in [0.2, 0.25) is 0 Å². The first-order chi connectivity index (χ1) is 7.58. The van der Waals surface area contributed by atoms with Crippen molar-refractivity contribution >= 4 is 11.7 Å². The maximum Gasteiger partial charge on any atom is 0.342 e. The summed E-state index contributed by atoms with van der Waals surface area (Å²) in [6.07, 6.45) is 1.23. The second kappa shape index (κ2) is 3.58. The van der Waals surface area contributed by atoms with Crippen molar-refractivity contribution in [1.82, 2.24) is 9.78 Å². The summed E-state index contributed by atoms with van der Waals surface area (Å²) < 4.78 is 1.34. The summed E-state index contributed by atoms with van der Waals surface area (Å²) >= 11 is 0. The molecule has 0 aliphatic carbocycles. The molecule has 0 fully saturated rings. The van der Waals surface area contributed by atoms with Crippen LogP contribution in [-0.4, -0.2) is 20.9 Å². The number of nitrogens with zero attached hydrogens (tertiary/aromatic N) is 1. The third-order valence-corrected chi connectivity index (χ3v) is 2.13. The fourth-order valence-electron chi connectivity index (χ4n) is 1.32. The summed E-state index contributed by atoms with van der Waals surface area (Å²) in [6.45, 7) is 0. The van der Waals surface area contributed by atoms with E-state index in [0.29, 0.717) is 11.4 Å². The lowest BCUT2D eigenvalue weighted by Gasteiger charge is -2.01. The van der Waals surface area contributed by atoms with E-state index in [1.807, 2.05) is 0 Å². The predicted molar refractivity (Wildman–Crippen MR) is 57.8 cm³/mol. The van der Waals surface area contributed by atoms with Crippen LogP contribution in [-0.2, 0) is 0 Å². The highest BCUT2D eigenvalue weighted by molar-refractivity contribution is 5.86. The van der Waals surface area contributed by atoms with Gasteiger partial charge in [-0.1, -0.05) is 0 Å². The molecule has 0 spiro atoms. The van der Waals surface area contributed by atoms with Crippen LogP contribution in [0.15, 0.2) is 35.3 Å². The smallest absolute Gasteiger partial charge is 0.342 e. The molecule has 0 saturated carbocycles. The first-order valence-electron chi connectivity index (χ1n) is 4.49. The highest BCUT2D eigenvalue weighted by Gasteiger charge is 2.11. The Morgan fingerprint density at radius 1 is 1.31 bits per heavy atom. The van der Waals surface area contributed by atoms with Crippen molar-refractivity contribution in [3.05, 3.63) is 46.4 Å². The molecule has 6 nitrogen and oxygen atoms in total. The van der Waals surface area contributed by atoms with Gasteiger partial charge in [-0.25, -0.2) is 4.79 Å². The molecule has 2 aromatic rings. The van der Waals surface area contributed by atoms with Gasteiger partial charge in [0.15, 0.2) is 0 Å². The summed E-state index contributed by atoms with van der Waals surface area (Å²) in [5.74, 6) is -1.25. The molecule has 82 valence electrons. The number of anilines is 1. The Labute approximate surface area is 89.9 Å². The minimum atomic E-state index is -1.25. The van der Waals surface area contributed by atoms with E-state index < -0.39 is 11.5 Å². The van der Waals surface area contributed by atoms with Gasteiger partial charge in [0.25, 0.3) is 5.56 Å². The number of hydrogen-bond donors (Lipinski definition) is 3. The van der Waals surface area contributed by atoms with Crippen LogP contribution in [0.4, 0.5) is 5.69 Å². The highest BCUT2D eigenvalue weighted by Crippen LogP contribution is 2.09. The summed E-state index contributed by atoms with van der Waals surface area (Å²) in [5.41, 5.74) is 5.82. The molecule has 0 bridgehead atoms. The summed E-state index contributed by atoms with van der Waals surface area (Å²) in [7, 11) is 0. The number of benzene rings is 1. The van der Waals surface area contributed by atoms with Crippen LogP contribution in [0.5, 0.6) is 0 Å². The number of carbonyl (C=O) groups is 1. The zero-order valence-corrected chi connectivity index (χ0v) is 8.18. The van der Waals surface area contributed by atoms with E-state index in [1.54, 1.807) is 24.3 Å². The Bertz CT molecular complexity index is 580. The topological polar surface area (TPSA) is 101 Å². The van der Waals surface area contributed by atoms with Crippen LogP contribution in [0.25, 0.3) is 5.69 Å². The van der Waals surface area contributed by atoms with Crippen LogP contribution in [0.3, 0.4) is 0 Å². The molecule has 6 heteroatoms. The first-order valence-corrected chi connectivity index (χ1v) is 4.49. The summed E-state index contributed by atoms with van der Waals surface area (Å²) in [4.78, 5) is 21.9. The molecule has 4 N–H and O–H groups in total. The standard InChI is InChI=1S/C10H9N3O3/c11-6-1-3-7(4-2-6)13-5-8(10(15)16)9(14)12-13/h1-5H,11H2,(H,12,14)(H,15,16). The van der Waals surface area contributed by atoms with Crippen molar-refractivity contribution in [1.29, 1.82) is 0 Å². The van der Waals surface area contributed by atoms with Gasteiger partial charge in [0.1, 0.15) is 5.56 Å². The predicted octanol–water partition coefficient (Wildman–Crippen LogP) is 0.446. The number of aromatic amines is 1. The van der Waals surface area contributed by atoms with Crippen molar-refractivity contribution in [3.63, 3.8) is 0 Å². The largest absolute Gasteiger partial charge is 0.477 e. The van der Waals surface area contributed by atoms with E-state index >= 15 is 0 Å². The number of H-pyrrole nitrogens is 1. The average molecular weight is 219 g/mol. The molecule has 1 aromatic carbocycles. The molecular weight excluding hydrogens is 210 g/mol. The molecule has 0 saturated heterocycles. The molecule has 0 atom stereocenters. The van der Waals surface area contributed by atoms with E-state index in [1.165, 1.54) is 10.9 Å². The maximum absolute atomic E-state index is 11.2. The molecule has 1 aromatic heterocycles. The van der Waals surface area contributed by atoms with E-state index in [4.69, 9.17) is 10.8 Å². The van der Waals surface area contributed by atoms with Crippen LogP contribution < -0.4 is 11.3 Å². The van der Waals surface area contributed by atoms with Crippen LogP contribution in [0.2, 0.25) is 0 Å². The number of nitrogen functional groups attached to an aromatic ring is 1. The Balaban J connectivity index is 2.49. The molecule has 0 amide bonds. The number of rotatable bonds is 2. The number of nitrogens with one attached hydrogen (secondary N) is 1. The maximum atomic E-state index is 11.2. The average Bonchev–Trinajstić information content (AvgIpc) is 2.61. The lowest BCUT2D eigenvalue weighted by molar-refractivity contribution is 0.0695. The number of carboxylic acid groups (broad SMARTS) is 1.